The highest BCUT2D eigenvalue weighted by atomic mass is 16.4. The van der Waals surface area contributed by atoms with E-state index in [-0.39, 0.29) is 17.9 Å². The van der Waals surface area contributed by atoms with Crippen molar-refractivity contribution in [2.24, 2.45) is 17.8 Å². The van der Waals surface area contributed by atoms with E-state index < -0.39 is 11.9 Å². The zero-order valence-corrected chi connectivity index (χ0v) is 10.7. The van der Waals surface area contributed by atoms with Crippen molar-refractivity contribution in [2.75, 3.05) is 13.6 Å². The number of nitrogens with zero attached hydrogens (tertiary/aromatic N) is 1. The van der Waals surface area contributed by atoms with E-state index in [2.05, 4.69) is 0 Å². The molecule has 2 atom stereocenters. The van der Waals surface area contributed by atoms with Gasteiger partial charge in [-0.05, 0) is 31.6 Å². The van der Waals surface area contributed by atoms with Crippen LogP contribution in [0.5, 0.6) is 0 Å². The first kappa shape index (κ1) is 13.3. The van der Waals surface area contributed by atoms with Crippen molar-refractivity contribution in [3.05, 3.63) is 0 Å². The monoisotopic (exact) mass is 255 g/mol. The van der Waals surface area contributed by atoms with Crippen LogP contribution in [0.1, 0.15) is 32.1 Å². The average Bonchev–Trinajstić information content (AvgIpc) is 2.74. The van der Waals surface area contributed by atoms with Gasteiger partial charge in [-0.2, -0.15) is 0 Å². The maximum Gasteiger partial charge on any atom is 0.307 e. The third-order valence-electron chi connectivity index (χ3n) is 4.27. The molecule has 0 aromatic carbocycles. The molecule has 0 aliphatic heterocycles. The molecule has 2 rings (SSSR count). The lowest BCUT2D eigenvalue weighted by Gasteiger charge is -2.35. The van der Waals surface area contributed by atoms with E-state index in [1.807, 2.05) is 0 Å². The standard InChI is InChI=1S/C13H21NO4/c1-14(7-8-5-9(15)6-8)12(16)10-3-2-4-11(10)13(17)18/h8-11,15H,2-7H2,1H3,(H,17,18). The molecular formula is C13H21NO4. The van der Waals surface area contributed by atoms with Gasteiger partial charge in [-0.15, -0.1) is 0 Å². The molecule has 2 fully saturated rings. The summed E-state index contributed by atoms with van der Waals surface area (Å²) in [6.45, 7) is 0.638. The zero-order chi connectivity index (χ0) is 13.3. The largest absolute Gasteiger partial charge is 0.481 e. The molecular weight excluding hydrogens is 234 g/mol. The maximum absolute atomic E-state index is 12.2. The summed E-state index contributed by atoms with van der Waals surface area (Å²) < 4.78 is 0. The van der Waals surface area contributed by atoms with Gasteiger partial charge in [-0.3, -0.25) is 9.59 Å². The van der Waals surface area contributed by atoms with Gasteiger partial charge in [0.15, 0.2) is 0 Å². The molecule has 0 saturated heterocycles. The number of hydrogen-bond acceptors (Lipinski definition) is 3. The molecule has 2 unspecified atom stereocenters. The molecule has 102 valence electrons. The number of hydrogen-bond donors (Lipinski definition) is 2. The molecule has 2 aliphatic carbocycles. The number of aliphatic carboxylic acids is 1. The molecule has 2 N–H and O–H groups in total. The van der Waals surface area contributed by atoms with Gasteiger partial charge < -0.3 is 15.1 Å². The summed E-state index contributed by atoms with van der Waals surface area (Å²) in [4.78, 5) is 24.9. The summed E-state index contributed by atoms with van der Waals surface area (Å²) in [7, 11) is 1.74. The number of aliphatic hydroxyl groups is 1. The molecule has 0 radical (unpaired) electrons. The Kier molecular flexibility index (Phi) is 3.90. The van der Waals surface area contributed by atoms with Crippen LogP contribution >= 0.6 is 0 Å². The number of amides is 1. The van der Waals surface area contributed by atoms with Crippen molar-refractivity contribution in [3.8, 4) is 0 Å². The lowest BCUT2D eigenvalue weighted by molar-refractivity contribution is -0.149. The minimum atomic E-state index is -0.849. The Morgan fingerprint density at radius 2 is 1.83 bits per heavy atom. The van der Waals surface area contributed by atoms with Gasteiger partial charge in [0.25, 0.3) is 0 Å². The van der Waals surface area contributed by atoms with Crippen LogP contribution in [0.4, 0.5) is 0 Å². The Morgan fingerprint density at radius 1 is 1.22 bits per heavy atom. The lowest BCUT2D eigenvalue weighted by atomic mass is 9.82. The number of rotatable bonds is 4. The van der Waals surface area contributed by atoms with E-state index in [4.69, 9.17) is 5.11 Å². The number of carboxylic acids is 1. The maximum atomic E-state index is 12.2. The summed E-state index contributed by atoms with van der Waals surface area (Å²) in [5.74, 6) is -1.37. The molecule has 5 heteroatoms. The molecule has 0 heterocycles. The summed E-state index contributed by atoms with van der Waals surface area (Å²) in [5.41, 5.74) is 0. The molecule has 0 bridgehead atoms. The molecule has 1 amide bonds. The van der Waals surface area contributed by atoms with Crippen molar-refractivity contribution in [2.45, 2.75) is 38.2 Å². The Morgan fingerprint density at radius 3 is 2.39 bits per heavy atom. The van der Waals surface area contributed by atoms with Gasteiger partial charge in [0, 0.05) is 13.6 Å². The second-order valence-electron chi connectivity index (χ2n) is 5.69. The minimum Gasteiger partial charge on any atom is -0.481 e. The topological polar surface area (TPSA) is 77.8 Å². The zero-order valence-electron chi connectivity index (χ0n) is 10.7. The highest BCUT2D eigenvalue weighted by molar-refractivity contribution is 5.85. The predicted octanol–water partition coefficient (Wildman–Crippen LogP) is 0.717. The molecule has 0 spiro atoms. The molecule has 0 aromatic heterocycles. The molecule has 18 heavy (non-hydrogen) atoms. The van der Waals surface area contributed by atoms with E-state index in [1.165, 1.54) is 0 Å². The number of carboxylic acid groups (broad SMARTS) is 1. The first-order valence-corrected chi connectivity index (χ1v) is 6.65. The Hall–Kier alpha value is -1.10. The smallest absolute Gasteiger partial charge is 0.307 e. The fourth-order valence-corrected chi connectivity index (χ4v) is 3.16. The fraction of sp³-hybridized carbons (Fsp3) is 0.846. The van der Waals surface area contributed by atoms with Crippen molar-refractivity contribution < 1.29 is 19.8 Å². The third kappa shape index (κ3) is 2.66. The highest BCUT2D eigenvalue weighted by Gasteiger charge is 2.40. The van der Waals surface area contributed by atoms with Crippen LogP contribution in [0, 0.1) is 17.8 Å². The van der Waals surface area contributed by atoms with Crippen molar-refractivity contribution >= 4 is 11.9 Å². The van der Waals surface area contributed by atoms with Crippen molar-refractivity contribution in [3.63, 3.8) is 0 Å². The summed E-state index contributed by atoms with van der Waals surface area (Å²) in [5, 5.41) is 18.3. The summed E-state index contributed by atoms with van der Waals surface area (Å²) in [6, 6.07) is 0. The van der Waals surface area contributed by atoms with Gasteiger partial charge in [0.2, 0.25) is 5.91 Å². The van der Waals surface area contributed by atoms with Crippen LogP contribution in [-0.4, -0.2) is 46.7 Å². The van der Waals surface area contributed by atoms with Gasteiger partial charge in [-0.25, -0.2) is 0 Å². The summed E-state index contributed by atoms with van der Waals surface area (Å²) in [6.07, 6.45) is 3.42. The van der Waals surface area contributed by atoms with Crippen LogP contribution in [0.15, 0.2) is 0 Å². The van der Waals surface area contributed by atoms with Crippen molar-refractivity contribution in [1.29, 1.82) is 0 Å². The van der Waals surface area contributed by atoms with E-state index in [1.54, 1.807) is 11.9 Å². The SMILES string of the molecule is CN(CC1CC(O)C1)C(=O)C1CCCC1C(=O)O. The predicted molar refractivity (Wildman–Crippen MR) is 64.8 cm³/mol. The first-order chi connectivity index (χ1) is 8.49. The average molecular weight is 255 g/mol. The van der Waals surface area contributed by atoms with Crippen LogP contribution in [0.25, 0.3) is 0 Å². The fourth-order valence-electron chi connectivity index (χ4n) is 3.16. The van der Waals surface area contributed by atoms with Crippen LogP contribution in [0.3, 0.4) is 0 Å². The normalized spacial score (nSPS) is 35.0. The molecule has 5 nitrogen and oxygen atoms in total. The Bertz CT molecular complexity index is 338. The van der Waals surface area contributed by atoms with E-state index in [0.29, 0.717) is 25.3 Å². The van der Waals surface area contributed by atoms with Gasteiger partial charge >= 0.3 is 5.97 Å². The lowest BCUT2D eigenvalue weighted by Crippen LogP contribution is -2.43. The first-order valence-electron chi connectivity index (χ1n) is 6.65. The summed E-state index contributed by atoms with van der Waals surface area (Å²) >= 11 is 0. The van der Waals surface area contributed by atoms with E-state index in [9.17, 15) is 14.7 Å². The number of carbonyl (C=O) groups is 2. The Balaban J connectivity index is 1.87. The quantitative estimate of drug-likeness (QED) is 0.776. The van der Waals surface area contributed by atoms with E-state index in [0.717, 1.165) is 19.3 Å². The molecule has 2 saturated carbocycles. The molecule has 0 aromatic rings. The second kappa shape index (κ2) is 5.26. The number of aliphatic hydroxyl groups excluding tert-OH is 1. The van der Waals surface area contributed by atoms with Crippen LogP contribution < -0.4 is 0 Å². The Labute approximate surface area is 107 Å². The van der Waals surface area contributed by atoms with Crippen molar-refractivity contribution in [1.82, 2.24) is 4.90 Å². The van der Waals surface area contributed by atoms with Gasteiger partial charge in [0.1, 0.15) is 0 Å². The second-order valence-corrected chi connectivity index (χ2v) is 5.69. The van der Waals surface area contributed by atoms with Gasteiger partial charge in [0.05, 0.1) is 17.9 Å². The van der Waals surface area contributed by atoms with Crippen LogP contribution in [-0.2, 0) is 9.59 Å². The van der Waals surface area contributed by atoms with E-state index >= 15 is 0 Å². The highest BCUT2D eigenvalue weighted by Crippen LogP contribution is 2.34. The number of carbonyl (C=O) groups excluding carboxylic acids is 1. The third-order valence-corrected chi connectivity index (χ3v) is 4.27. The molecule has 2 aliphatic rings. The van der Waals surface area contributed by atoms with Crippen LogP contribution in [0.2, 0.25) is 0 Å². The minimum absolute atomic E-state index is 0.0405. The van der Waals surface area contributed by atoms with Gasteiger partial charge in [-0.1, -0.05) is 6.42 Å².